The lowest BCUT2D eigenvalue weighted by atomic mass is 10.1. The molecule has 20 heavy (non-hydrogen) atoms. The van der Waals surface area contributed by atoms with Crippen LogP contribution in [0.2, 0.25) is 0 Å². The summed E-state index contributed by atoms with van der Waals surface area (Å²) in [4.78, 5) is 12.9. The molecule has 0 amide bonds. The van der Waals surface area contributed by atoms with Crippen molar-refractivity contribution in [3.63, 3.8) is 0 Å². The quantitative estimate of drug-likeness (QED) is 0.777. The molecule has 0 radical (unpaired) electrons. The average Bonchev–Trinajstić information content (AvgIpc) is 2.86. The van der Waals surface area contributed by atoms with Crippen LogP contribution in [-0.2, 0) is 11.3 Å². The third-order valence-corrected chi connectivity index (χ3v) is 3.42. The Morgan fingerprint density at radius 1 is 1.40 bits per heavy atom. The van der Waals surface area contributed by atoms with E-state index in [4.69, 9.17) is 9.84 Å². The normalized spacial score (nSPS) is 18.4. The standard InChI is InChI=1S/C16H21NO3/c1-2-4-14-5-3-10-17(14)11-13-6-8-15(9-7-13)20-12-16(18)19/h3,5-9,14H,2,4,10-12H2,1H3,(H,18,19). The fourth-order valence-corrected chi connectivity index (χ4v) is 2.44. The maximum Gasteiger partial charge on any atom is 0.341 e. The fourth-order valence-electron chi connectivity index (χ4n) is 2.44. The average molecular weight is 275 g/mol. The van der Waals surface area contributed by atoms with Gasteiger partial charge in [0, 0.05) is 19.1 Å². The van der Waals surface area contributed by atoms with Gasteiger partial charge >= 0.3 is 5.97 Å². The van der Waals surface area contributed by atoms with Crippen molar-refractivity contribution in [3.05, 3.63) is 42.0 Å². The third kappa shape index (κ3) is 4.10. The summed E-state index contributed by atoms with van der Waals surface area (Å²) in [6, 6.07) is 8.20. The number of carbonyl (C=O) groups is 1. The summed E-state index contributed by atoms with van der Waals surface area (Å²) >= 11 is 0. The lowest BCUT2D eigenvalue weighted by molar-refractivity contribution is -0.139. The van der Waals surface area contributed by atoms with Crippen molar-refractivity contribution >= 4 is 5.97 Å². The summed E-state index contributed by atoms with van der Waals surface area (Å²) in [5.41, 5.74) is 1.22. The van der Waals surface area contributed by atoms with Crippen LogP contribution in [0.15, 0.2) is 36.4 Å². The minimum Gasteiger partial charge on any atom is -0.482 e. The number of hydrogen-bond donors (Lipinski definition) is 1. The van der Waals surface area contributed by atoms with Crippen LogP contribution in [0.25, 0.3) is 0 Å². The van der Waals surface area contributed by atoms with E-state index in [2.05, 4.69) is 24.0 Å². The molecule has 0 aromatic heterocycles. The predicted octanol–water partition coefficient (Wildman–Crippen LogP) is 2.69. The molecule has 1 N–H and O–H groups in total. The maximum atomic E-state index is 10.4. The number of rotatable bonds is 7. The zero-order valence-corrected chi connectivity index (χ0v) is 11.8. The highest BCUT2D eigenvalue weighted by Crippen LogP contribution is 2.19. The second-order valence-electron chi connectivity index (χ2n) is 5.04. The molecule has 0 saturated heterocycles. The second kappa shape index (κ2) is 7.10. The minimum absolute atomic E-state index is 0.298. The Morgan fingerprint density at radius 2 is 2.15 bits per heavy atom. The largest absolute Gasteiger partial charge is 0.482 e. The van der Waals surface area contributed by atoms with Crippen molar-refractivity contribution in [2.75, 3.05) is 13.2 Å². The molecule has 1 unspecified atom stereocenters. The van der Waals surface area contributed by atoms with E-state index in [1.165, 1.54) is 18.4 Å². The topological polar surface area (TPSA) is 49.8 Å². The highest BCUT2D eigenvalue weighted by atomic mass is 16.5. The molecule has 1 aromatic carbocycles. The molecule has 1 aliphatic heterocycles. The highest BCUT2D eigenvalue weighted by Gasteiger charge is 2.18. The lowest BCUT2D eigenvalue weighted by Crippen LogP contribution is -2.29. The summed E-state index contributed by atoms with van der Waals surface area (Å²) in [6.45, 7) is 3.83. The van der Waals surface area contributed by atoms with Gasteiger partial charge < -0.3 is 9.84 Å². The van der Waals surface area contributed by atoms with Crippen molar-refractivity contribution in [1.82, 2.24) is 4.90 Å². The molecule has 108 valence electrons. The van der Waals surface area contributed by atoms with Gasteiger partial charge in [-0.1, -0.05) is 37.6 Å². The van der Waals surface area contributed by atoms with Crippen LogP contribution in [0, 0.1) is 0 Å². The van der Waals surface area contributed by atoms with Gasteiger partial charge in [0.1, 0.15) is 5.75 Å². The van der Waals surface area contributed by atoms with E-state index in [1.807, 2.05) is 24.3 Å². The van der Waals surface area contributed by atoms with Crippen molar-refractivity contribution in [2.45, 2.75) is 32.4 Å². The molecule has 4 heteroatoms. The Labute approximate surface area is 119 Å². The van der Waals surface area contributed by atoms with E-state index in [9.17, 15) is 4.79 Å². The molecule has 0 spiro atoms. The van der Waals surface area contributed by atoms with E-state index in [0.717, 1.165) is 13.1 Å². The number of hydrogen-bond acceptors (Lipinski definition) is 3. The van der Waals surface area contributed by atoms with Gasteiger partial charge in [0.25, 0.3) is 0 Å². The van der Waals surface area contributed by atoms with Gasteiger partial charge in [-0.05, 0) is 24.1 Å². The number of benzene rings is 1. The SMILES string of the molecule is CCCC1C=CCN1Cc1ccc(OCC(=O)O)cc1. The summed E-state index contributed by atoms with van der Waals surface area (Å²) < 4.78 is 5.13. The summed E-state index contributed by atoms with van der Waals surface area (Å²) in [7, 11) is 0. The number of ether oxygens (including phenoxy) is 1. The van der Waals surface area contributed by atoms with Crippen LogP contribution >= 0.6 is 0 Å². The Balaban J connectivity index is 1.88. The predicted molar refractivity (Wildman–Crippen MR) is 77.8 cm³/mol. The Kier molecular flexibility index (Phi) is 5.18. The Bertz CT molecular complexity index is 467. The fraction of sp³-hybridized carbons (Fsp3) is 0.438. The first-order valence-electron chi connectivity index (χ1n) is 7.03. The van der Waals surface area contributed by atoms with Crippen LogP contribution in [0.5, 0.6) is 5.75 Å². The molecule has 2 rings (SSSR count). The van der Waals surface area contributed by atoms with Gasteiger partial charge in [0.15, 0.2) is 6.61 Å². The molecule has 1 heterocycles. The Morgan fingerprint density at radius 3 is 2.80 bits per heavy atom. The van der Waals surface area contributed by atoms with E-state index < -0.39 is 5.97 Å². The second-order valence-corrected chi connectivity index (χ2v) is 5.04. The van der Waals surface area contributed by atoms with Crippen molar-refractivity contribution < 1.29 is 14.6 Å². The molecular formula is C16H21NO3. The zero-order valence-electron chi connectivity index (χ0n) is 11.8. The van der Waals surface area contributed by atoms with E-state index >= 15 is 0 Å². The van der Waals surface area contributed by atoms with Crippen LogP contribution in [-0.4, -0.2) is 35.2 Å². The van der Waals surface area contributed by atoms with Crippen molar-refractivity contribution in [3.8, 4) is 5.75 Å². The molecule has 0 bridgehead atoms. The number of carboxylic acid groups (broad SMARTS) is 1. The van der Waals surface area contributed by atoms with Gasteiger partial charge in [-0.2, -0.15) is 0 Å². The first kappa shape index (κ1) is 14.6. The van der Waals surface area contributed by atoms with Crippen LogP contribution < -0.4 is 4.74 Å². The smallest absolute Gasteiger partial charge is 0.341 e. The molecule has 1 aliphatic rings. The van der Waals surface area contributed by atoms with Gasteiger partial charge in [-0.15, -0.1) is 0 Å². The highest BCUT2D eigenvalue weighted by molar-refractivity contribution is 5.68. The van der Waals surface area contributed by atoms with E-state index in [-0.39, 0.29) is 6.61 Å². The minimum atomic E-state index is -0.959. The Hall–Kier alpha value is -1.81. The molecule has 1 atom stereocenters. The molecular weight excluding hydrogens is 254 g/mol. The molecule has 0 saturated carbocycles. The third-order valence-electron chi connectivity index (χ3n) is 3.42. The number of nitrogens with zero attached hydrogens (tertiary/aromatic N) is 1. The van der Waals surface area contributed by atoms with Crippen LogP contribution in [0.3, 0.4) is 0 Å². The van der Waals surface area contributed by atoms with Crippen LogP contribution in [0.4, 0.5) is 0 Å². The van der Waals surface area contributed by atoms with E-state index in [0.29, 0.717) is 11.8 Å². The van der Waals surface area contributed by atoms with Gasteiger partial charge in [-0.3, -0.25) is 4.90 Å². The van der Waals surface area contributed by atoms with Crippen molar-refractivity contribution in [1.29, 1.82) is 0 Å². The van der Waals surface area contributed by atoms with Gasteiger partial charge in [-0.25, -0.2) is 4.79 Å². The first-order chi connectivity index (χ1) is 9.69. The molecule has 4 nitrogen and oxygen atoms in total. The summed E-state index contributed by atoms with van der Waals surface area (Å²) in [5, 5.41) is 8.56. The zero-order chi connectivity index (χ0) is 14.4. The molecule has 0 aliphatic carbocycles. The van der Waals surface area contributed by atoms with Crippen molar-refractivity contribution in [2.24, 2.45) is 0 Å². The first-order valence-corrected chi connectivity index (χ1v) is 7.03. The molecule has 1 aromatic rings. The summed E-state index contributed by atoms with van der Waals surface area (Å²) in [5.74, 6) is -0.361. The monoisotopic (exact) mass is 275 g/mol. The van der Waals surface area contributed by atoms with Gasteiger partial charge in [0.2, 0.25) is 0 Å². The number of carboxylic acids is 1. The maximum absolute atomic E-state index is 10.4. The van der Waals surface area contributed by atoms with E-state index in [1.54, 1.807) is 0 Å². The molecule has 0 fully saturated rings. The summed E-state index contributed by atoms with van der Waals surface area (Å²) in [6.07, 6.45) is 6.89. The van der Waals surface area contributed by atoms with Gasteiger partial charge in [0.05, 0.1) is 0 Å². The lowest BCUT2D eigenvalue weighted by Gasteiger charge is -2.24. The number of aliphatic carboxylic acids is 1. The van der Waals surface area contributed by atoms with Crippen LogP contribution in [0.1, 0.15) is 25.3 Å².